The third-order valence-electron chi connectivity index (χ3n) is 3.80. The van der Waals surface area contributed by atoms with Crippen molar-refractivity contribution in [1.29, 1.82) is 0 Å². The summed E-state index contributed by atoms with van der Waals surface area (Å²) in [5.74, 6) is 0.977. The van der Waals surface area contributed by atoms with E-state index in [0.29, 0.717) is 11.7 Å². The van der Waals surface area contributed by atoms with Crippen LogP contribution in [0.2, 0.25) is 0 Å². The molecule has 0 heterocycles. The molecule has 2 nitrogen and oxygen atoms in total. The highest BCUT2D eigenvalue weighted by atomic mass is 16.3. The van der Waals surface area contributed by atoms with Gasteiger partial charge in [0.15, 0.2) is 0 Å². The summed E-state index contributed by atoms with van der Waals surface area (Å²) >= 11 is 0. The van der Waals surface area contributed by atoms with Crippen molar-refractivity contribution in [3.8, 4) is 5.75 Å². The van der Waals surface area contributed by atoms with E-state index in [0.717, 1.165) is 12.1 Å². The van der Waals surface area contributed by atoms with Crippen LogP contribution < -0.4 is 5.32 Å². The quantitative estimate of drug-likeness (QED) is 0.815. The van der Waals surface area contributed by atoms with Crippen LogP contribution in [0.3, 0.4) is 0 Å². The molecular weight excluding hydrogens is 210 g/mol. The van der Waals surface area contributed by atoms with Crippen LogP contribution >= 0.6 is 0 Å². The van der Waals surface area contributed by atoms with E-state index in [1.807, 2.05) is 18.2 Å². The molecule has 0 saturated heterocycles. The molecule has 0 aromatic heterocycles. The number of aromatic hydroxyl groups is 1. The average Bonchev–Trinajstić information content (AvgIpc) is 2.25. The monoisotopic (exact) mass is 235 g/mol. The molecule has 0 radical (unpaired) electrons. The maximum absolute atomic E-state index is 9.45. The molecule has 1 rings (SSSR count). The normalized spacial score (nSPS) is 14.0. The Bertz CT molecular complexity index is 358. The maximum atomic E-state index is 9.45. The van der Waals surface area contributed by atoms with Crippen LogP contribution in [0.4, 0.5) is 0 Å². The van der Waals surface area contributed by atoms with Crippen LogP contribution in [0.5, 0.6) is 5.75 Å². The van der Waals surface area contributed by atoms with Gasteiger partial charge in [0, 0.05) is 12.6 Å². The predicted molar refractivity (Wildman–Crippen MR) is 73.1 cm³/mol. The second kappa shape index (κ2) is 5.54. The predicted octanol–water partition coefficient (Wildman–Crippen LogP) is 3.73. The molecule has 0 bridgehead atoms. The Labute approximate surface area is 105 Å². The molecule has 1 atom stereocenters. The van der Waals surface area contributed by atoms with E-state index in [-0.39, 0.29) is 11.5 Å². The van der Waals surface area contributed by atoms with Crippen molar-refractivity contribution in [2.24, 2.45) is 11.3 Å². The molecule has 2 N–H and O–H groups in total. The largest absolute Gasteiger partial charge is 0.508 e. The van der Waals surface area contributed by atoms with Gasteiger partial charge in [0.25, 0.3) is 0 Å². The zero-order valence-electron chi connectivity index (χ0n) is 11.6. The molecule has 17 heavy (non-hydrogen) atoms. The van der Waals surface area contributed by atoms with Gasteiger partial charge in [-0.1, -0.05) is 39.8 Å². The summed E-state index contributed by atoms with van der Waals surface area (Å²) in [6.07, 6.45) is 0. The molecule has 0 saturated carbocycles. The van der Waals surface area contributed by atoms with Gasteiger partial charge in [0.2, 0.25) is 0 Å². The molecule has 1 aromatic rings. The van der Waals surface area contributed by atoms with Crippen molar-refractivity contribution in [3.63, 3.8) is 0 Å². The number of phenolic OH excluding ortho intramolecular Hbond substituents is 1. The number of nitrogens with one attached hydrogen (secondary N) is 1. The number of phenols is 1. The maximum Gasteiger partial charge on any atom is 0.115 e. The minimum atomic E-state index is 0.264. The van der Waals surface area contributed by atoms with Gasteiger partial charge in [-0.3, -0.25) is 0 Å². The Hall–Kier alpha value is -1.02. The standard InChI is InChI=1S/C15H25NO/c1-11(2)15(4,5)10-16-12(3)13-7-6-8-14(17)9-13/h6-9,11-12,16-17H,10H2,1-5H3. The molecule has 96 valence electrons. The van der Waals surface area contributed by atoms with Gasteiger partial charge in [-0.25, -0.2) is 0 Å². The van der Waals surface area contributed by atoms with Crippen LogP contribution in [0.1, 0.15) is 46.2 Å². The first-order valence-electron chi connectivity index (χ1n) is 6.35. The fraction of sp³-hybridized carbons (Fsp3) is 0.600. The van der Waals surface area contributed by atoms with Gasteiger partial charge < -0.3 is 10.4 Å². The van der Waals surface area contributed by atoms with Gasteiger partial charge >= 0.3 is 0 Å². The number of hydrogen-bond donors (Lipinski definition) is 2. The average molecular weight is 235 g/mol. The second-order valence-corrected chi connectivity index (χ2v) is 5.84. The molecular formula is C15H25NO. The van der Waals surface area contributed by atoms with E-state index in [9.17, 15) is 5.11 Å². The van der Waals surface area contributed by atoms with Crippen LogP contribution in [0.25, 0.3) is 0 Å². The number of benzene rings is 1. The highest BCUT2D eigenvalue weighted by molar-refractivity contribution is 5.29. The Morgan fingerprint density at radius 1 is 1.24 bits per heavy atom. The lowest BCUT2D eigenvalue weighted by atomic mass is 9.81. The summed E-state index contributed by atoms with van der Waals surface area (Å²) in [6, 6.07) is 7.71. The lowest BCUT2D eigenvalue weighted by molar-refractivity contribution is 0.230. The molecule has 0 aliphatic rings. The fourth-order valence-corrected chi connectivity index (χ4v) is 1.53. The lowest BCUT2D eigenvalue weighted by Crippen LogP contribution is -2.34. The van der Waals surface area contributed by atoms with Gasteiger partial charge in [-0.15, -0.1) is 0 Å². The molecule has 0 spiro atoms. The smallest absolute Gasteiger partial charge is 0.115 e. The van der Waals surface area contributed by atoms with Gasteiger partial charge in [-0.2, -0.15) is 0 Å². The van der Waals surface area contributed by atoms with Crippen LogP contribution in [-0.2, 0) is 0 Å². The fourth-order valence-electron chi connectivity index (χ4n) is 1.53. The third kappa shape index (κ3) is 4.04. The van der Waals surface area contributed by atoms with E-state index in [1.54, 1.807) is 6.07 Å². The topological polar surface area (TPSA) is 32.3 Å². The summed E-state index contributed by atoms with van der Waals surface area (Å²) in [7, 11) is 0. The second-order valence-electron chi connectivity index (χ2n) is 5.84. The van der Waals surface area contributed by atoms with Crippen molar-refractivity contribution < 1.29 is 5.11 Å². The van der Waals surface area contributed by atoms with E-state index < -0.39 is 0 Å². The summed E-state index contributed by atoms with van der Waals surface area (Å²) in [4.78, 5) is 0. The summed E-state index contributed by atoms with van der Waals surface area (Å²) in [6.45, 7) is 12.2. The molecule has 0 amide bonds. The van der Waals surface area contributed by atoms with Crippen molar-refractivity contribution in [3.05, 3.63) is 29.8 Å². The summed E-state index contributed by atoms with van der Waals surface area (Å²) in [5, 5.41) is 13.0. The Balaban J connectivity index is 2.59. The third-order valence-corrected chi connectivity index (χ3v) is 3.80. The molecule has 0 aliphatic heterocycles. The van der Waals surface area contributed by atoms with E-state index >= 15 is 0 Å². The number of hydrogen-bond acceptors (Lipinski definition) is 2. The summed E-state index contributed by atoms with van der Waals surface area (Å²) < 4.78 is 0. The first-order valence-corrected chi connectivity index (χ1v) is 6.35. The van der Waals surface area contributed by atoms with Crippen molar-refractivity contribution in [1.82, 2.24) is 5.32 Å². The van der Waals surface area contributed by atoms with Crippen molar-refractivity contribution in [2.45, 2.75) is 40.7 Å². The SMILES string of the molecule is CC(NCC(C)(C)C(C)C)c1cccc(O)c1. The van der Waals surface area contributed by atoms with E-state index in [4.69, 9.17) is 0 Å². The zero-order valence-corrected chi connectivity index (χ0v) is 11.6. The van der Waals surface area contributed by atoms with Gasteiger partial charge in [0.05, 0.1) is 0 Å². The first-order chi connectivity index (χ1) is 7.83. The molecule has 2 heteroatoms. The lowest BCUT2D eigenvalue weighted by Gasteiger charge is -2.31. The van der Waals surface area contributed by atoms with E-state index in [1.165, 1.54) is 0 Å². The molecule has 1 aromatic carbocycles. The number of rotatable bonds is 5. The Kier molecular flexibility index (Phi) is 4.58. The Morgan fingerprint density at radius 3 is 2.41 bits per heavy atom. The van der Waals surface area contributed by atoms with Crippen LogP contribution in [0, 0.1) is 11.3 Å². The van der Waals surface area contributed by atoms with Gasteiger partial charge in [-0.05, 0) is 36.0 Å². The molecule has 0 fully saturated rings. The molecule has 0 aliphatic carbocycles. The molecule has 1 unspecified atom stereocenters. The Morgan fingerprint density at radius 2 is 1.88 bits per heavy atom. The van der Waals surface area contributed by atoms with Crippen LogP contribution in [-0.4, -0.2) is 11.7 Å². The minimum Gasteiger partial charge on any atom is -0.508 e. The highest BCUT2D eigenvalue weighted by Crippen LogP contribution is 2.26. The van der Waals surface area contributed by atoms with Gasteiger partial charge in [0.1, 0.15) is 5.75 Å². The zero-order chi connectivity index (χ0) is 13.1. The minimum absolute atomic E-state index is 0.264. The van der Waals surface area contributed by atoms with Crippen LogP contribution in [0.15, 0.2) is 24.3 Å². The first kappa shape index (κ1) is 14.0. The highest BCUT2D eigenvalue weighted by Gasteiger charge is 2.22. The van der Waals surface area contributed by atoms with Crippen molar-refractivity contribution >= 4 is 0 Å². The van der Waals surface area contributed by atoms with Crippen molar-refractivity contribution in [2.75, 3.05) is 6.54 Å². The summed E-state index contributed by atoms with van der Waals surface area (Å²) in [5.41, 5.74) is 1.41. The van der Waals surface area contributed by atoms with E-state index in [2.05, 4.69) is 39.9 Å².